The molecular formula is C19H17NO5. The van der Waals surface area contributed by atoms with E-state index in [0.29, 0.717) is 12.2 Å². The molecule has 2 atom stereocenters. The Morgan fingerprint density at radius 3 is 2.24 bits per heavy atom. The quantitative estimate of drug-likeness (QED) is 0.793. The first-order chi connectivity index (χ1) is 12.1. The second kappa shape index (κ2) is 4.39. The topological polar surface area (TPSA) is 60.4 Å². The second-order valence-electron chi connectivity index (χ2n) is 7.09. The zero-order valence-corrected chi connectivity index (χ0v) is 13.7. The normalized spacial score (nSPS) is 27.8. The van der Waals surface area contributed by atoms with Crippen LogP contribution in [0.4, 0.5) is 0 Å². The highest BCUT2D eigenvalue weighted by Gasteiger charge is 2.49. The summed E-state index contributed by atoms with van der Waals surface area (Å²) in [5, 5.41) is 11.6. The smallest absolute Gasteiger partial charge is 0.231 e. The summed E-state index contributed by atoms with van der Waals surface area (Å²) in [4.78, 5) is 2.06. The highest BCUT2D eigenvalue weighted by atomic mass is 16.7. The van der Waals surface area contributed by atoms with E-state index in [1.54, 1.807) is 0 Å². The molecule has 0 saturated carbocycles. The summed E-state index contributed by atoms with van der Waals surface area (Å²) in [5.41, 5.74) is 3.25. The van der Waals surface area contributed by atoms with E-state index in [1.165, 1.54) is 5.56 Å². The highest BCUT2D eigenvalue weighted by Crippen LogP contribution is 2.53. The second-order valence-corrected chi connectivity index (χ2v) is 7.09. The average Bonchev–Trinajstić information content (AvgIpc) is 3.23. The third-order valence-corrected chi connectivity index (χ3v) is 5.92. The van der Waals surface area contributed by atoms with Crippen LogP contribution in [-0.2, 0) is 18.6 Å². The zero-order chi connectivity index (χ0) is 16.8. The molecule has 0 radical (unpaired) electrons. The van der Waals surface area contributed by atoms with E-state index in [9.17, 15) is 5.11 Å². The number of likely N-dealkylation sites (N-methyl/N-ethyl adjacent to an activating group) is 1. The molecule has 128 valence electrons. The highest BCUT2D eigenvalue weighted by molar-refractivity contribution is 5.57. The van der Waals surface area contributed by atoms with E-state index in [-0.39, 0.29) is 19.6 Å². The average molecular weight is 339 g/mol. The summed E-state index contributed by atoms with van der Waals surface area (Å²) in [6.45, 7) is 0.488. The molecule has 4 heterocycles. The Labute approximate surface area is 144 Å². The number of ether oxygens (including phenoxy) is 4. The molecule has 6 nitrogen and oxygen atoms in total. The molecule has 0 saturated heterocycles. The number of fused-ring (bicyclic) bond motifs is 8. The number of rotatable bonds is 0. The fourth-order valence-corrected chi connectivity index (χ4v) is 4.59. The van der Waals surface area contributed by atoms with Crippen LogP contribution in [-0.4, -0.2) is 30.6 Å². The molecule has 0 fully saturated rings. The van der Waals surface area contributed by atoms with Crippen molar-refractivity contribution in [2.75, 3.05) is 20.6 Å². The van der Waals surface area contributed by atoms with Gasteiger partial charge in [0.15, 0.2) is 23.0 Å². The van der Waals surface area contributed by atoms with Crippen LogP contribution in [0.2, 0.25) is 0 Å². The van der Waals surface area contributed by atoms with Gasteiger partial charge in [-0.2, -0.15) is 0 Å². The number of benzene rings is 2. The van der Waals surface area contributed by atoms with Crippen molar-refractivity contribution < 1.29 is 24.1 Å². The Hall–Kier alpha value is -2.44. The SMILES string of the molecule is CN1[C@H]2Cc3cc4c(cc3[C@]1(O)Cc1cc3c(cc12)OCO3)OCO4. The van der Waals surface area contributed by atoms with Crippen molar-refractivity contribution >= 4 is 0 Å². The Morgan fingerprint density at radius 1 is 0.920 bits per heavy atom. The molecule has 4 aliphatic rings. The molecule has 1 N–H and O–H groups in total. The van der Waals surface area contributed by atoms with Gasteiger partial charge < -0.3 is 24.1 Å². The van der Waals surface area contributed by atoms with Gasteiger partial charge in [0.25, 0.3) is 0 Å². The minimum Gasteiger partial charge on any atom is -0.454 e. The van der Waals surface area contributed by atoms with Crippen LogP contribution in [0.1, 0.15) is 28.3 Å². The lowest BCUT2D eigenvalue weighted by Crippen LogP contribution is -2.54. The molecular weight excluding hydrogens is 322 g/mol. The van der Waals surface area contributed by atoms with E-state index < -0.39 is 5.72 Å². The molecule has 4 aliphatic heterocycles. The summed E-state index contributed by atoms with van der Waals surface area (Å²) >= 11 is 0. The van der Waals surface area contributed by atoms with E-state index >= 15 is 0 Å². The van der Waals surface area contributed by atoms with Crippen molar-refractivity contribution in [3.63, 3.8) is 0 Å². The van der Waals surface area contributed by atoms with Gasteiger partial charge in [-0.05, 0) is 54.4 Å². The number of nitrogens with zero attached hydrogens (tertiary/aromatic N) is 1. The van der Waals surface area contributed by atoms with Crippen molar-refractivity contribution in [2.24, 2.45) is 0 Å². The molecule has 25 heavy (non-hydrogen) atoms. The lowest BCUT2D eigenvalue weighted by molar-refractivity contribution is -0.141. The largest absolute Gasteiger partial charge is 0.454 e. The van der Waals surface area contributed by atoms with E-state index in [0.717, 1.165) is 40.4 Å². The van der Waals surface area contributed by atoms with Gasteiger partial charge in [-0.1, -0.05) is 0 Å². The van der Waals surface area contributed by atoms with Crippen LogP contribution in [0.3, 0.4) is 0 Å². The first-order valence-electron chi connectivity index (χ1n) is 8.44. The van der Waals surface area contributed by atoms with Crippen LogP contribution >= 0.6 is 0 Å². The summed E-state index contributed by atoms with van der Waals surface area (Å²) in [6.07, 6.45) is 1.30. The Balaban J connectivity index is 1.55. The maximum Gasteiger partial charge on any atom is 0.231 e. The van der Waals surface area contributed by atoms with Crippen molar-refractivity contribution in [2.45, 2.75) is 24.6 Å². The maximum absolute atomic E-state index is 11.6. The molecule has 0 amide bonds. The van der Waals surface area contributed by atoms with Gasteiger partial charge in [0.1, 0.15) is 5.72 Å². The molecule has 2 aromatic rings. The minimum atomic E-state index is -1.07. The lowest BCUT2D eigenvalue weighted by Gasteiger charge is -2.51. The third-order valence-electron chi connectivity index (χ3n) is 5.92. The van der Waals surface area contributed by atoms with Gasteiger partial charge in [-0.3, -0.25) is 4.90 Å². The molecule has 2 aromatic carbocycles. The van der Waals surface area contributed by atoms with Crippen molar-refractivity contribution in [3.05, 3.63) is 46.5 Å². The zero-order valence-electron chi connectivity index (χ0n) is 13.7. The molecule has 6 rings (SSSR count). The van der Waals surface area contributed by atoms with Crippen LogP contribution in [0.5, 0.6) is 23.0 Å². The summed E-state index contributed by atoms with van der Waals surface area (Å²) in [6, 6.07) is 8.11. The van der Waals surface area contributed by atoms with Crippen molar-refractivity contribution in [1.82, 2.24) is 4.90 Å². The number of hydrogen-bond donors (Lipinski definition) is 1. The Kier molecular flexibility index (Phi) is 2.42. The maximum atomic E-state index is 11.6. The summed E-state index contributed by atoms with van der Waals surface area (Å²) in [5.74, 6) is 3.01. The van der Waals surface area contributed by atoms with Gasteiger partial charge in [-0.25, -0.2) is 0 Å². The van der Waals surface area contributed by atoms with Crippen molar-refractivity contribution in [1.29, 1.82) is 0 Å². The van der Waals surface area contributed by atoms with Crippen LogP contribution < -0.4 is 18.9 Å². The molecule has 0 aromatic heterocycles. The minimum absolute atomic E-state index is 0.0797. The molecule has 0 spiro atoms. The van der Waals surface area contributed by atoms with Gasteiger partial charge in [0, 0.05) is 18.0 Å². The van der Waals surface area contributed by atoms with E-state index in [1.807, 2.05) is 25.2 Å². The predicted octanol–water partition coefficient (Wildman–Crippen LogP) is 2.07. The molecule has 0 unspecified atom stereocenters. The van der Waals surface area contributed by atoms with Crippen LogP contribution in [0, 0.1) is 0 Å². The predicted molar refractivity (Wildman–Crippen MR) is 86.9 cm³/mol. The van der Waals surface area contributed by atoms with Crippen molar-refractivity contribution in [3.8, 4) is 23.0 Å². The van der Waals surface area contributed by atoms with Gasteiger partial charge in [0.2, 0.25) is 13.6 Å². The number of hydrogen-bond acceptors (Lipinski definition) is 6. The standard InChI is InChI=1S/C19H17NO5/c1-20-14-2-10-3-15-18(25-9-22-15)6-13(10)19(20,21)7-11-4-16-17(5-12(11)14)24-8-23-16/h3-6,14,21H,2,7-9H2,1H3/t14-,19+/m0/s1. The van der Waals surface area contributed by atoms with Crippen LogP contribution in [0.15, 0.2) is 24.3 Å². The monoisotopic (exact) mass is 339 g/mol. The van der Waals surface area contributed by atoms with Crippen LogP contribution in [0.25, 0.3) is 0 Å². The first kappa shape index (κ1) is 13.8. The fraction of sp³-hybridized carbons (Fsp3) is 0.368. The summed E-state index contributed by atoms with van der Waals surface area (Å²) in [7, 11) is 1.98. The van der Waals surface area contributed by atoms with E-state index in [2.05, 4.69) is 11.0 Å². The molecule has 0 aliphatic carbocycles. The van der Waals surface area contributed by atoms with Gasteiger partial charge >= 0.3 is 0 Å². The van der Waals surface area contributed by atoms with Gasteiger partial charge in [-0.15, -0.1) is 0 Å². The third kappa shape index (κ3) is 1.66. The number of aliphatic hydroxyl groups is 1. The van der Waals surface area contributed by atoms with Gasteiger partial charge in [0.05, 0.1) is 0 Å². The molecule has 6 heteroatoms. The first-order valence-corrected chi connectivity index (χ1v) is 8.44. The Morgan fingerprint density at radius 2 is 1.52 bits per heavy atom. The fourth-order valence-electron chi connectivity index (χ4n) is 4.59. The molecule has 2 bridgehead atoms. The van der Waals surface area contributed by atoms with E-state index in [4.69, 9.17) is 18.9 Å². The lowest BCUT2D eigenvalue weighted by atomic mass is 9.74. The summed E-state index contributed by atoms with van der Waals surface area (Å²) < 4.78 is 22.1. The Bertz CT molecular complexity index is 927.